The van der Waals surface area contributed by atoms with E-state index in [1.807, 2.05) is 18.2 Å². The molecule has 0 saturated carbocycles. The van der Waals surface area contributed by atoms with Crippen LogP contribution < -0.4 is 9.64 Å². The molecule has 0 amide bonds. The zero-order valence-electron chi connectivity index (χ0n) is 18.7. The van der Waals surface area contributed by atoms with Crippen LogP contribution in [0.25, 0.3) is 38.7 Å². The van der Waals surface area contributed by atoms with Crippen LogP contribution >= 0.6 is 0 Å². The Morgan fingerprint density at radius 1 is 0.909 bits per heavy atom. The quantitative estimate of drug-likeness (QED) is 0.292. The van der Waals surface area contributed by atoms with Crippen molar-refractivity contribution in [1.82, 2.24) is 4.98 Å². The summed E-state index contributed by atoms with van der Waals surface area (Å²) in [4.78, 5) is 6.95. The molecule has 6 rings (SSSR count). The first-order valence-corrected chi connectivity index (χ1v) is 11.4. The molecule has 4 aromatic carbocycles. The van der Waals surface area contributed by atoms with Crippen LogP contribution in [0.1, 0.15) is 26.2 Å². The molecule has 0 radical (unpaired) electrons. The third kappa shape index (κ3) is 3.35. The smallest absolute Gasteiger partial charge is 0.220 e. The van der Waals surface area contributed by atoms with E-state index in [0.29, 0.717) is 5.89 Å². The van der Waals surface area contributed by atoms with Gasteiger partial charge in [0.25, 0.3) is 0 Å². The number of ether oxygens (including phenoxy) is 1. The number of hydrogen-bond acceptors (Lipinski definition) is 4. The molecule has 0 unspecified atom stereocenters. The number of benzene rings is 4. The van der Waals surface area contributed by atoms with Crippen LogP contribution in [-0.2, 0) is 0 Å². The van der Waals surface area contributed by atoms with E-state index < -0.39 is 0 Å². The van der Waals surface area contributed by atoms with Gasteiger partial charge in [0.2, 0.25) is 11.8 Å². The van der Waals surface area contributed by atoms with Crippen LogP contribution in [0.4, 0.5) is 5.69 Å². The van der Waals surface area contributed by atoms with Crippen molar-refractivity contribution >= 4 is 44.4 Å². The van der Waals surface area contributed by atoms with Gasteiger partial charge in [-0.1, -0.05) is 61.5 Å². The highest BCUT2D eigenvalue weighted by molar-refractivity contribution is 5.99. The minimum Gasteiger partial charge on any atom is -0.439 e. The predicted molar refractivity (Wildman–Crippen MR) is 135 cm³/mol. The van der Waals surface area contributed by atoms with Gasteiger partial charge in [-0.3, -0.25) is 0 Å². The normalized spacial score (nSPS) is 15.0. The van der Waals surface area contributed by atoms with Gasteiger partial charge in [-0.05, 0) is 53.3 Å². The van der Waals surface area contributed by atoms with E-state index in [-0.39, 0.29) is 0 Å². The predicted octanol–water partition coefficient (Wildman–Crippen LogP) is 7.69. The summed E-state index contributed by atoms with van der Waals surface area (Å²) in [6, 6.07) is 25.0. The monoisotopic (exact) mass is 432 g/mol. The standard InChI is InChI=1S/C29H24N2O2/c1-3-19(15-27-30-24-17-21-10-5-6-11-22(21)18-26(24)32-27)16-28-31(4-2)29-23-12-8-7-9-20(23)13-14-25(29)33-28/h5-18H,3-4H2,1-2H3/b19-15-,28-16?. The van der Waals surface area contributed by atoms with Gasteiger partial charge in [0.05, 0.1) is 5.69 Å². The lowest BCUT2D eigenvalue weighted by Gasteiger charge is -2.17. The minimum atomic E-state index is 0.609. The first-order chi connectivity index (χ1) is 16.2. The van der Waals surface area contributed by atoms with E-state index in [1.165, 1.54) is 10.8 Å². The zero-order chi connectivity index (χ0) is 22.4. The van der Waals surface area contributed by atoms with Gasteiger partial charge in [-0.15, -0.1) is 0 Å². The summed E-state index contributed by atoms with van der Waals surface area (Å²) in [5.74, 6) is 2.34. The van der Waals surface area contributed by atoms with Gasteiger partial charge >= 0.3 is 0 Å². The number of rotatable bonds is 4. The highest BCUT2D eigenvalue weighted by Gasteiger charge is 2.27. The highest BCUT2D eigenvalue weighted by Crippen LogP contribution is 2.44. The molecule has 1 aliphatic heterocycles. The number of oxazole rings is 1. The van der Waals surface area contributed by atoms with Gasteiger partial charge in [0.1, 0.15) is 5.52 Å². The molecular formula is C29H24N2O2. The fraction of sp³-hybridized carbons (Fsp3) is 0.138. The van der Waals surface area contributed by atoms with Crippen molar-refractivity contribution in [3.05, 3.63) is 96.2 Å². The van der Waals surface area contributed by atoms with E-state index in [1.54, 1.807) is 0 Å². The van der Waals surface area contributed by atoms with Gasteiger partial charge in [0.15, 0.2) is 11.3 Å². The number of aromatic nitrogens is 1. The third-order valence-corrected chi connectivity index (χ3v) is 6.23. The molecule has 4 nitrogen and oxygen atoms in total. The maximum Gasteiger partial charge on any atom is 0.220 e. The molecule has 2 heterocycles. The fourth-order valence-corrected chi connectivity index (χ4v) is 4.55. The Labute approximate surface area is 192 Å². The van der Waals surface area contributed by atoms with Crippen LogP contribution in [0.15, 0.2) is 94.7 Å². The molecule has 1 aliphatic rings. The number of anilines is 1. The largest absolute Gasteiger partial charge is 0.439 e. The summed E-state index contributed by atoms with van der Waals surface area (Å²) in [7, 11) is 0. The summed E-state index contributed by atoms with van der Waals surface area (Å²) in [5.41, 5.74) is 3.89. The molecule has 0 atom stereocenters. The number of hydrogen-bond donors (Lipinski definition) is 0. The molecule has 5 aromatic rings. The van der Waals surface area contributed by atoms with E-state index in [9.17, 15) is 0 Å². The summed E-state index contributed by atoms with van der Waals surface area (Å²) in [5, 5.41) is 4.73. The number of nitrogens with zero attached hydrogens (tertiary/aromatic N) is 2. The maximum atomic E-state index is 6.29. The van der Waals surface area contributed by atoms with E-state index in [0.717, 1.165) is 57.7 Å². The SMILES string of the molecule is CC/C(C=C1Oc2ccc3ccccc3c2N1CC)=C/c1nc2cc3ccccc3cc2o1. The molecular weight excluding hydrogens is 408 g/mol. The molecule has 0 aliphatic carbocycles. The lowest BCUT2D eigenvalue weighted by molar-refractivity contribution is 0.439. The first-order valence-electron chi connectivity index (χ1n) is 11.4. The van der Waals surface area contributed by atoms with Crippen molar-refractivity contribution in [2.24, 2.45) is 0 Å². The Kier molecular flexibility index (Phi) is 4.65. The van der Waals surface area contributed by atoms with Crippen LogP contribution in [0.3, 0.4) is 0 Å². The van der Waals surface area contributed by atoms with E-state index in [2.05, 4.69) is 85.5 Å². The zero-order valence-corrected chi connectivity index (χ0v) is 18.7. The Morgan fingerprint density at radius 2 is 1.67 bits per heavy atom. The number of allylic oxidation sites excluding steroid dienone is 2. The van der Waals surface area contributed by atoms with E-state index in [4.69, 9.17) is 14.1 Å². The van der Waals surface area contributed by atoms with Crippen molar-refractivity contribution in [2.75, 3.05) is 11.4 Å². The van der Waals surface area contributed by atoms with Crippen LogP contribution in [-0.4, -0.2) is 11.5 Å². The van der Waals surface area contributed by atoms with E-state index >= 15 is 0 Å². The molecule has 0 saturated heterocycles. The second kappa shape index (κ2) is 7.82. The lowest BCUT2D eigenvalue weighted by atomic mass is 10.1. The fourth-order valence-electron chi connectivity index (χ4n) is 4.55. The second-order valence-electron chi connectivity index (χ2n) is 8.25. The van der Waals surface area contributed by atoms with Crippen molar-refractivity contribution in [2.45, 2.75) is 20.3 Å². The molecule has 0 fully saturated rings. The Bertz CT molecular complexity index is 1520. The Hall–Kier alpha value is -4.05. The van der Waals surface area contributed by atoms with Crippen molar-refractivity contribution < 1.29 is 9.15 Å². The average molecular weight is 433 g/mol. The Morgan fingerprint density at radius 3 is 2.45 bits per heavy atom. The van der Waals surface area contributed by atoms with Crippen LogP contribution in [0.5, 0.6) is 5.75 Å². The van der Waals surface area contributed by atoms with Crippen molar-refractivity contribution in [3.63, 3.8) is 0 Å². The molecule has 0 spiro atoms. The van der Waals surface area contributed by atoms with Gasteiger partial charge < -0.3 is 14.1 Å². The van der Waals surface area contributed by atoms with Crippen LogP contribution in [0, 0.1) is 0 Å². The van der Waals surface area contributed by atoms with Gasteiger partial charge in [-0.2, -0.15) is 0 Å². The topological polar surface area (TPSA) is 38.5 Å². The molecule has 4 heteroatoms. The van der Waals surface area contributed by atoms with Crippen LogP contribution in [0.2, 0.25) is 0 Å². The highest BCUT2D eigenvalue weighted by atomic mass is 16.5. The van der Waals surface area contributed by atoms with Gasteiger partial charge in [0, 0.05) is 24.1 Å². The summed E-state index contributed by atoms with van der Waals surface area (Å²) in [6.07, 6.45) is 4.95. The average Bonchev–Trinajstić information content (AvgIpc) is 3.41. The first kappa shape index (κ1) is 19.6. The lowest BCUT2D eigenvalue weighted by Crippen LogP contribution is -2.19. The second-order valence-corrected chi connectivity index (χ2v) is 8.25. The molecule has 1 aromatic heterocycles. The molecule has 0 N–H and O–H groups in total. The summed E-state index contributed by atoms with van der Waals surface area (Å²) < 4.78 is 12.4. The summed E-state index contributed by atoms with van der Waals surface area (Å²) in [6.45, 7) is 5.10. The summed E-state index contributed by atoms with van der Waals surface area (Å²) >= 11 is 0. The Balaban J connectivity index is 1.39. The molecule has 33 heavy (non-hydrogen) atoms. The third-order valence-electron chi connectivity index (χ3n) is 6.23. The van der Waals surface area contributed by atoms with Crippen molar-refractivity contribution in [1.29, 1.82) is 0 Å². The molecule has 162 valence electrons. The van der Waals surface area contributed by atoms with Gasteiger partial charge in [-0.25, -0.2) is 4.98 Å². The maximum absolute atomic E-state index is 6.29. The molecule has 0 bridgehead atoms. The van der Waals surface area contributed by atoms with Crippen molar-refractivity contribution in [3.8, 4) is 5.75 Å². The minimum absolute atomic E-state index is 0.609. The number of fused-ring (bicyclic) bond motifs is 5.